The molecule has 0 aliphatic heterocycles. The molecule has 5 unspecified atom stereocenters. The van der Waals surface area contributed by atoms with E-state index in [-0.39, 0.29) is 0 Å². The molecule has 0 spiro atoms. The van der Waals surface area contributed by atoms with Crippen LogP contribution in [0.25, 0.3) is 0 Å². The minimum absolute atomic E-state index is 0.443. The van der Waals surface area contributed by atoms with Crippen LogP contribution in [-0.2, 0) is 0 Å². The molecule has 19 heavy (non-hydrogen) atoms. The van der Waals surface area contributed by atoms with Crippen molar-refractivity contribution in [3.63, 3.8) is 0 Å². The molecule has 5 atom stereocenters. The van der Waals surface area contributed by atoms with Gasteiger partial charge in [0, 0.05) is 6.04 Å². The van der Waals surface area contributed by atoms with Crippen molar-refractivity contribution in [1.82, 2.24) is 0 Å². The summed E-state index contributed by atoms with van der Waals surface area (Å²) in [5.74, 6) is 3.46. The molecule has 0 aromatic carbocycles. The largest absolute Gasteiger partial charge is 0.327 e. The van der Waals surface area contributed by atoms with Gasteiger partial charge in [0.2, 0.25) is 0 Å². The van der Waals surface area contributed by atoms with Crippen LogP contribution in [0.3, 0.4) is 0 Å². The summed E-state index contributed by atoms with van der Waals surface area (Å²) in [6.07, 6.45) is 11.2. The quantitative estimate of drug-likeness (QED) is 0.764. The molecular formula is C18H35N. The van der Waals surface area contributed by atoms with Gasteiger partial charge in [-0.2, -0.15) is 0 Å². The molecule has 0 amide bonds. The summed E-state index contributed by atoms with van der Waals surface area (Å²) in [5.41, 5.74) is 6.99. The zero-order valence-electron chi connectivity index (χ0n) is 13.6. The first-order valence-electron chi connectivity index (χ1n) is 8.72. The zero-order chi connectivity index (χ0) is 14.0. The smallest absolute Gasteiger partial charge is 0.00749 e. The van der Waals surface area contributed by atoms with Crippen LogP contribution in [0.5, 0.6) is 0 Å². The monoisotopic (exact) mass is 265 g/mol. The molecule has 2 aliphatic rings. The summed E-state index contributed by atoms with van der Waals surface area (Å²) >= 11 is 0. The van der Waals surface area contributed by atoms with Gasteiger partial charge >= 0.3 is 0 Å². The van der Waals surface area contributed by atoms with Crippen LogP contribution in [0.1, 0.15) is 79.1 Å². The van der Waals surface area contributed by atoms with Crippen molar-refractivity contribution < 1.29 is 0 Å². The Kier molecular flexibility index (Phi) is 4.98. The van der Waals surface area contributed by atoms with Gasteiger partial charge in [-0.25, -0.2) is 0 Å². The summed E-state index contributed by atoms with van der Waals surface area (Å²) < 4.78 is 0. The van der Waals surface area contributed by atoms with E-state index >= 15 is 0 Å². The lowest BCUT2D eigenvalue weighted by Crippen LogP contribution is -2.48. The molecule has 1 heteroatoms. The molecule has 0 heterocycles. The fourth-order valence-electron chi connectivity index (χ4n) is 5.30. The lowest BCUT2D eigenvalue weighted by Gasteiger charge is -2.50. The van der Waals surface area contributed by atoms with Gasteiger partial charge in [-0.15, -0.1) is 0 Å². The first-order chi connectivity index (χ1) is 8.96. The fraction of sp³-hybridized carbons (Fsp3) is 1.00. The van der Waals surface area contributed by atoms with Gasteiger partial charge in [-0.1, -0.05) is 59.8 Å². The molecule has 0 aromatic heterocycles. The van der Waals surface area contributed by atoms with Crippen molar-refractivity contribution in [3.05, 3.63) is 0 Å². The second-order valence-electron chi connectivity index (χ2n) is 8.07. The molecule has 2 saturated carbocycles. The van der Waals surface area contributed by atoms with Crippen LogP contribution in [0.15, 0.2) is 0 Å². The third-order valence-electron chi connectivity index (χ3n) is 6.51. The fourth-order valence-corrected chi connectivity index (χ4v) is 5.30. The highest BCUT2D eigenvalue weighted by atomic mass is 14.7. The summed E-state index contributed by atoms with van der Waals surface area (Å²) in [6.45, 7) is 9.83. The molecule has 0 saturated heterocycles. The van der Waals surface area contributed by atoms with Crippen LogP contribution in [-0.4, -0.2) is 6.04 Å². The molecule has 2 N–H and O–H groups in total. The molecule has 112 valence electrons. The lowest BCUT2D eigenvalue weighted by atomic mass is 9.56. The van der Waals surface area contributed by atoms with Gasteiger partial charge in [-0.05, 0) is 48.3 Å². The van der Waals surface area contributed by atoms with Crippen molar-refractivity contribution in [3.8, 4) is 0 Å². The Bertz CT molecular complexity index is 283. The SMILES string of the molecule is CCC1CCCCC1C(C)(C)C1CCC(C)CC1N. The van der Waals surface area contributed by atoms with Gasteiger partial charge in [0.05, 0.1) is 0 Å². The summed E-state index contributed by atoms with van der Waals surface area (Å²) in [5, 5.41) is 0. The first-order valence-corrected chi connectivity index (χ1v) is 8.72. The van der Waals surface area contributed by atoms with E-state index in [1.807, 2.05) is 0 Å². The van der Waals surface area contributed by atoms with E-state index in [9.17, 15) is 0 Å². The maximum absolute atomic E-state index is 6.55. The minimum Gasteiger partial charge on any atom is -0.327 e. The third kappa shape index (κ3) is 3.17. The summed E-state index contributed by atoms with van der Waals surface area (Å²) in [6, 6.07) is 0.443. The molecule has 1 nitrogen and oxygen atoms in total. The number of nitrogens with two attached hydrogens (primary N) is 1. The predicted molar refractivity (Wildman–Crippen MR) is 84.0 cm³/mol. The number of hydrogen-bond donors (Lipinski definition) is 1. The second-order valence-corrected chi connectivity index (χ2v) is 8.07. The highest BCUT2D eigenvalue weighted by molar-refractivity contribution is 4.96. The number of rotatable bonds is 3. The Balaban J connectivity index is 2.11. The number of hydrogen-bond acceptors (Lipinski definition) is 1. The van der Waals surface area contributed by atoms with Crippen LogP contribution in [0.4, 0.5) is 0 Å². The van der Waals surface area contributed by atoms with Crippen LogP contribution < -0.4 is 5.73 Å². The Labute approximate surface area is 120 Å². The Morgan fingerprint density at radius 3 is 2.32 bits per heavy atom. The van der Waals surface area contributed by atoms with E-state index < -0.39 is 0 Å². The molecule has 0 radical (unpaired) electrons. The van der Waals surface area contributed by atoms with E-state index in [1.54, 1.807) is 0 Å². The highest BCUT2D eigenvalue weighted by Crippen LogP contribution is 2.51. The Morgan fingerprint density at radius 2 is 1.68 bits per heavy atom. The van der Waals surface area contributed by atoms with E-state index in [0.29, 0.717) is 11.5 Å². The van der Waals surface area contributed by atoms with Crippen LogP contribution >= 0.6 is 0 Å². The summed E-state index contributed by atoms with van der Waals surface area (Å²) in [7, 11) is 0. The average molecular weight is 265 g/mol. The molecular weight excluding hydrogens is 230 g/mol. The maximum atomic E-state index is 6.55. The van der Waals surface area contributed by atoms with E-state index in [2.05, 4.69) is 27.7 Å². The maximum Gasteiger partial charge on any atom is 0.00749 e. The Morgan fingerprint density at radius 1 is 1.00 bits per heavy atom. The Hall–Kier alpha value is -0.0400. The predicted octanol–water partition coefficient (Wildman–Crippen LogP) is 4.99. The molecule has 2 aliphatic carbocycles. The minimum atomic E-state index is 0.443. The van der Waals surface area contributed by atoms with Gasteiger partial charge in [0.1, 0.15) is 0 Å². The normalized spacial score (nSPS) is 41.2. The van der Waals surface area contributed by atoms with Crippen molar-refractivity contribution >= 4 is 0 Å². The summed E-state index contributed by atoms with van der Waals surface area (Å²) in [4.78, 5) is 0. The van der Waals surface area contributed by atoms with Crippen LogP contribution in [0.2, 0.25) is 0 Å². The molecule has 0 bridgehead atoms. The van der Waals surface area contributed by atoms with Gasteiger partial charge in [-0.3, -0.25) is 0 Å². The van der Waals surface area contributed by atoms with Crippen molar-refractivity contribution in [2.24, 2.45) is 34.8 Å². The van der Waals surface area contributed by atoms with Crippen molar-refractivity contribution in [1.29, 1.82) is 0 Å². The first kappa shape index (κ1) is 15.4. The second kappa shape index (κ2) is 6.16. The van der Waals surface area contributed by atoms with Crippen LogP contribution in [0, 0.1) is 29.1 Å². The average Bonchev–Trinajstić information content (AvgIpc) is 2.38. The highest BCUT2D eigenvalue weighted by Gasteiger charge is 2.44. The van der Waals surface area contributed by atoms with E-state index in [1.165, 1.54) is 51.4 Å². The third-order valence-corrected chi connectivity index (χ3v) is 6.51. The van der Waals surface area contributed by atoms with Crippen molar-refractivity contribution in [2.75, 3.05) is 0 Å². The van der Waals surface area contributed by atoms with E-state index in [0.717, 1.165) is 23.7 Å². The van der Waals surface area contributed by atoms with Gasteiger partial charge in [0.25, 0.3) is 0 Å². The zero-order valence-corrected chi connectivity index (χ0v) is 13.6. The van der Waals surface area contributed by atoms with Crippen molar-refractivity contribution in [2.45, 2.75) is 85.1 Å². The van der Waals surface area contributed by atoms with Gasteiger partial charge in [0.15, 0.2) is 0 Å². The lowest BCUT2D eigenvalue weighted by molar-refractivity contribution is 0.00341. The molecule has 0 aromatic rings. The standard InChI is InChI=1S/C18H35N/c1-5-14-8-6-7-9-15(14)18(3,4)16-11-10-13(2)12-17(16)19/h13-17H,5-12,19H2,1-4H3. The topological polar surface area (TPSA) is 26.0 Å². The van der Waals surface area contributed by atoms with E-state index in [4.69, 9.17) is 5.73 Å². The van der Waals surface area contributed by atoms with Gasteiger partial charge < -0.3 is 5.73 Å². The molecule has 2 rings (SSSR count). The molecule has 2 fully saturated rings.